The van der Waals surface area contributed by atoms with Crippen LogP contribution < -0.4 is 10.5 Å². The standard InChI is InChI=1S/C26H24FNO4/c1-2-16-6-7-18(13-24(29)30)23(12-16)32-15-17-10-19-8-9-31-26(19)22(11-17)21-5-3-4-20(14-28)25(21)27/h3-12H,2,13-15,28H2,1H3,(H,29,30). The Morgan fingerprint density at radius 1 is 1.06 bits per heavy atom. The molecule has 6 heteroatoms. The quantitative estimate of drug-likeness (QED) is 0.385. The molecule has 0 aliphatic carbocycles. The van der Waals surface area contributed by atoms with Gasteiger partial charge in [0.2, 0.25) is 0 Å². The number of hydrogen-bond acceptors (Lipinski definition) is 4. The number of aryl methyl sites for hydroxylation is 1. The Hall–Kier alpha value is -3.64. The highest BCUT2D eigenvalue weighted by Gasteiger charge is 2.16. The van der Waals surface area contributed by atoms with E-state index in [-0.39, 0.29) is 25.4 Å². The van der Waals surface area contributed by atoms with E-state index in [1.54, 1.807) is 30.5 Å². The minimum Gasteiger partial charge on any atom is -0.489 e. The number of rotatable bonds is 8. The minimum absolute atomic E-state index is 0.101. The molecule has 0 saturated carbocycles. The number of hydrogen-bond donors (Lipinski definition) is 2. The Labute approximate surface area is 185 Å². The van der Waals surface area contributed by atoms with Crippen molar-refractivity contribution in [2.75, 3.05) is 0 Å². The molecule has 0 aliphatic heterocycles. The normalized spacial score (nSPS) is 11.1. The maximum Gasteiger partial charge on any atom is 0.307 e. The summed E-state index contributed by atoms with van der Waals surface area (Å²) in [7, 11) is 0. The highest BCUT2D eigenvalue weighted by molar-refractivity contribution is 5.93. The van der Waals surface area contributed by atoms with Crippen LogP contribution >= 0.6 is 0 Å². The molecule has 0 bridgehead atoms. The fourth-order valence-corrected chi connectivity index (χ4v) is 3.80. The molecule has 3 aromatic carbocycles. The highest BCUT2D eigenvalue weighted by atomic mass is 19.1. The number of carboxylic acid groups (broad SMARTS) is 1. The molecule has 0 saturated heterocycles. The third kappa shape index (κ3) is 4.36. The minimum atomic E-state index is -0.920. The largest absolute Gasteiger partial charge is 0.489 e. The maximum absolute atomic E-state index is 15.0. The van der Waals surface area contributed by atoms with Crippen LogP contribution in [-0.4, -0.2) is 11.1 Å². The lowest BCUT2D eigenvalue weighted by molar-refractivity contribution is -0.136. The number of carbonyl (C=O) groups is 1. The van der Waals surface area contributed by atoms with Crippen molar-refractivity contribution in [1.29, 1.82) is 0 Å². The first-order valence-corrected chi connectivity index (χ1v) is 10.4. The van der Waals surface area contributed by atoms with Crippen LogP contribution in [0.5, 0.6) is 5.75 Å². The van der Waals surface area contributed by atoms with Gasteiger partial charge in [0.1, 0.15) is 23.8 Å². The van der Waals surface area contributed by atoms with Gasteiger partial charge in [-0.15, -0.1) is 0 Å². The number of fused-ring (bicyclic) bond motifs is 1. The number of ether oxygens (including phenoxy) is 1. The van der Waals surface area contributed by atoms with E-state index in [1.165, 1.54) is 0 Å². The molecule has 0 aliphatic rings. The zero-order chi connectivity index (χ0) is 22.7. The molecule has 4 aromatic rings. The van der Waals surface area contributed by atoms with Crippen molar-refractivity contribution in [2.45, 2.75) is 32.9 Å². The number of aliphatic carboxylic acids is 1. The van der Waals surface area contributed by atoms with Crippen molar-refractivity contribution in [3.8, 4) is 16.9 Å². The summed E-state index contributed by atoms with van der Waals surface area (Å²) in [5.41, 5.74) is 10.2. The highest BCUT2D eigenvalue weighted by Crippen LogP contribution is 2.34. The molecule has 1 heterocycles. The lowest BCUT2D eigenvalue weighted by Gasteiger charge is -2.14. The third-order valence-corrected chi connectivity index (χ3v) is 5.48. The van der Waals surface area contributed by atoms with Gasteiger partial charge in [-0.3, -0.25) is 4.79 Å². The first kappa shape index (κ1) is 21.6. The zero-order valence-electron chi connectivity index (χ0n) is 17.7. The van der Waals surface area contributed by atoms with E-state index in [4.69, 9.17) is 14.9 Å². The van der Waals surface area contributed by atoms with Crippen LogP contribution in [-0.2, 0) is 30.8 Å². The molecule has 3 N–H and O–H groups in total. The van der Waals surface area contributed by atoms with Crippen molar-refractivity contribution in [3.63, 3.8) is 0 Å². The molecule has 0 spiro atoms. The molecule has 0 unspecified atom stereocenters. The van der Waals surface area contributed by atoms with E-state index >= 15 is 4.39 Å². The number of halogens is 1. The van der Waals surface area contributed by atoms with Gasteiger partial charge in [0.05, 0.1) is 12.7 Å². The van der Waals surface area contributed by atoms with Gasteiger partial charge in [-0.25, -0.2) is 4.39 Å². The number of furan rings is 1. The van der Waals surface area contributed by atoms with E-state index in [1.807, 2.05) is 37.3 Å². The summed E-state index contributed by atoms with van der Waals surface area (Å²) in [5, 5.41) is 10.0. The van der Waals surface area contributed by atoms with Crippen LogP contribution in [0.4, 0.5) is 4.39 Å². The van der Waals surface area contributed by atoms with Gasteiger partial charge < -0.3 is 20.0 Å². The van der Waals surface area contributed by atoms with Gasteiger partial charge in [0, 0.05) is 34.2 Å². The smallest absolute Gasteiger partial charge is 0.307 e. The molecule has 0 amide bonds. The first-order chi connectivity index (χ1) is 15.5. The molecule has 0 fully saturated rings. The van der Waals surface area contributed by atoms with Crippen LogP contribution in [0, 0.1) is 5.82 Å². The van der Waals surface area contributed by atoms with Crippen molar-refractivity contribution in [2.24, 2.45) is 5.73 Å². The lowest BCUT2D eigenvalue weighted by atomic mass is 9.98. The fourth-order valence-electron chi connectivity index (χ4n) is 3.80. The van der Waals surface area contributed by atoms with Gasteiger partial charge in [-0.2, -0.15) is 0 Å². The van der Waals surface area contributed by atoms with Crippen molar-refractivity contribution in [1.82, 2.24) is 0 Å². The van der Waals surface area contributed by atoms with Gasteiger partial charge in [0.25, 0.3) is 0 Å². The molecular weight excluding hydrogens is 409 g/mol. The molecule has 0 atom stereocenters. The van der Waals surface area contributed by atoms with E-state index < -0.39 is 5.97 Å². The zero-order valence-corrected chi connectivity index (χ0v) is 17.7. The molecular formula is C26H24FNO4. The monoisotopic (exact) mass is 433 g/mol. The summed E-state index contributed by atoms with van der Waals surface area (Å²) < 4.78 is 26.7. The predicted molar refractivity (Wildman–Crippen MR) is 121 cm³/mol. The second-order valence-corrected chi connectivity index (χ2v) is 7.62. The summed E-state index contributed by atoms with van der Waals surface area (Å²) in [6.45, 7) is 2.33. The Morgan fingerprint density at radius 3 is 2.66 bits per heavy atom. The lowest BCUT2D eigenvalue weighted by Crippen LogP contribution is -2.05. The van der Waals surface area contributed by atoms with Crippen LogP contribution in [0.2, 0.25) is 0 Å². The van der Waals surface area contributed by atoms with Gasteiger partial charge in [0.15, 0.2) is 0 Å². The molecule has 164 valence electrons. The number of benzene rings is 3. The van der Waals surface area contributed by atoms with Crippen molar-refractivity contribution in [3.05, 3.63) is 88.9 Å². The van der Waals surface area contributed by atoms with Crippen LogP contribution in [0.3, 0.4) is 0 Å². The SMILES string of the molecule is CCc1ccc(CC(=O)O)c(OCc2cc(-c3cccc(CN)c3F)c3occc3c2)c1. The second kappa shape index (κ2) is 9.24. The van der Waals surface area contributed by atoms with E-state index in [0.29, 0.717) is 33.6 Å². The molecule has 5 nitrogen and oxygen atoms in total. The molecule has 0 radical (unpaired) electrons. The summed E-state index contributed by atoms with van der Waals surface area (Å²) in [4.78, 5) is 11.2. The Kier molecular flexibility index (Phi) is 6.23. The van der Waals surface area contributed by atoms with Gasteiger partial charge in [-0.05, 0) is 41.8 Å². The Morgan fingerprint density at radius 2 is 1.91 bits per heavy atom. The summed E-state index contributed by atoms with van der Waals surface area (Å²) >= 11 is 0. The number of carboxylic acids is 1. The first-order valence-electron chi connectivity index (χ1n) is 10.4. The van der Waals surface area contributed by atoms with Gasteiger partial charge >= 0.3 is 5.97 Å². The van der Waals surface area contributed by atoms with E-state index in [0.717, 1.165) is 22.9 Å². The number of nitrogens with two attached hydrogens (primary N) is 1. The average molecular weight is 433 g/mol. The van der Waals surface area contributed by atoms with Crippen molar-refractivity contribution >= 4 is 16.9 Å². The fraction of sp³-hybridized carbons (Fsp3) is 0.192. The van der Waals surface area contributed by atoms with Crippen LogP contribution in [0.15, 0.2) is 65.3 Å². The topological polar surface area (TPSA) is 85.7 Å². The summed E-state index contributed by atoms with van der Waals surface area (Å²) in [6.07, 6.45) is 2.26. The Bertz CT molecular complexity index is 1280. The predicted octanol–water partition coefficient (Wildman–Crippen LogP) is 5.47. The molecule has 32 heavy (non-hydrogen) atoms. The average Bonchev–Trinajstić information content (AvgIpc) is 3.26. The van der Waals surface area contributed by atoms with Crippen LogP contribution in [0.25, 0.3) is 22.1 Å². The maximum atomic E-state index is 15.0. The summed E-state index contributed by atoms with van der Waals surface area (Å²) in [6, 6.07) is 16.3. The second-order valence-electron chi connectivity index (χ2n) is 7.62. The third-order valence-electron chi connectivity index (χ3n) is 5.48. The molecule has 1 aromatic heterocycles. The van der Waals surface area contributed by atoms with Crippen LogP contribution in [0.1, 0.15) is 29.2 Å². The van der Waals surface area contributed by atoms with E-state index in [2.05, 4.69) is 0 Å². The van der Waals surface area contributed by atoms with E-state index in [9.17, 15) is 9.90 Å². The summed E-state index contributed by atoms with van der Waals surface area (Å²) in [5.74, 6) is -0.751. The van der Waals surface area contributed by atoms with Crippen molar-refractivity contribution < 1.29 is 23.4 Å². The molecule has 4 rings (SSSR count). The van der Waals surface area contributed by atoms with Gasteiger partial charge in [-0.1, -0.05) is 37.3 Å². The Balaban J connectivity index is 1.71.